The van der Waals surface area contributed by atoms with Gasteiger partial charge in [0.15, 0.2) is 16.1 Å². The van der Waals surface area contributed by atoms with Crippen LogP contribution in [0.4, 0.5) is 0 Å². The van der Waals surface area contributed by atoms with Crippen LogP contribution in [-0.4, -0.2) is 82.6 Å². The molecule has 5 atom stereocenters. The largest absolute Gasteiger partial charge is 1.00 e. The molecular formula is C12H20NaO9S-. The number of rotatable bonds is 8. The first-order valence-electron chi connectivity index (χ1n) is 6.13. The minimum absolute atomic E-state index is 0. The number of hydrogen-bond donors (Lipinski definition) is 1. The molecule has 1 rings (SSSR count). The third kappa shape index (κ3) is 6.86. The summed E-state index contributed by atoms with van der Waals surface area (Å²) in [6, 6.07) is 0. The van der Waals surface area contributed by atoms with E-state index in [9.17, 15) is 18.3 Å². The second kappa shape index (κ2) is 11.6. The van der Waals surface area contributed by atoms with E-state index in [0.717, 1.165) is 5.41 Å². The van der Waals surface area contributed by atoms with Gasteiger partial charge in [-0.15, -0.1) is 0 Å². The summed E-state index contributed by atoms with van der Waals surface area (Å²) in [6.07, 6.45) is -3.75. The van der Waals surface area contributed by atoms with Gasteiger partial charge >= 0.3 is 29.6 Å². The van der Waals surface area contributed by atoms with Gasteiger partial charge in [0.25, 0.3) is 0 Å². The van der Waals surface area contributed by atoms with Crippen molar-refractivity contribution in [2.24, 2.45) is 0 Å². The summed E-state index contributed by atoms with van der Waals surface area (Å²) in [4.78, 5) is 10.8. The van der Waals surface area contributed by atoms with Crippen LogP contribution in [0.3, 0.4) is 0 Å². The standard InChI is InChI=1S/C12H19O8S.Na.H2O/c1-4-21(15,16)6-5-19-11-9(14)10(17-2)8(7-13)20-12(11)18-3;;/h4,8-12,14H,1,5-6H2,2-3H3;;1H2/q-1;+1;/p-1. The van der Waals surface area contributed by atoms with Crippen molar-refractivity contribution in [1.82, 2.24) is 0 Å². The van der Waals surface area contributed by atoms with Crippen LogP contribution < -0.4 is 29.6 Å². The molecule has 5 unspecified atom stereocenters. The first-order chi connectivity index (χ1) is 9.90. The summed E-state index contributed by atoms with van der Waals surface area (Å²) in [5, 5.41) is 11.0. The van der Waals surface area contributed by atoms with Gasteiger partial charge in [-0.3, -0.25) is 0 Å². The Balaban J connectivity index is 0. The molecular weight excluding hydrogens is 343 g/mol. The fraction of sp³-hybridized carbons (Fsp3) is 0.750. The van der Waals surface area contributed by atoms with Crippen LogP contribution in [0, 0.1) is 0 Å². The molecule has 0 aromatic rings. The van der Waals surface area contributed by atoms with Crippen molar-refractivity contribution in [3.05, 3.63) is 12.0 Å². The van der Waals surface area contributed by atoms with Crippen molar-refractivity contribution in [3.8, 4) is 0 Å². The zero-order valence-electron chi connectivity index (χ0n) is 13.2. The average molecular weight is 363 g/mol. The van der Waals surface area contributed by atoms with Crippen molar-refractivity contribution >= 4 is 16.1 Å². The Morgan fingerprint density at radius 2 is 1.91 bits per heavy atom. The molecule has 0 aromatic carbocycles. The molecule has 0 bridgehead atoms. The molecule has 0 spiro atoms. The second-order valence-electron chi connectivity index (χ2n) is 4.34. The van der Waals surface area contributed by atoms with E-state index in [-0.39, 0.29) is 47.4 Å². The second-order valence-corrected chi connectivity index (χ2v) is 6.41. The zero-order chi connectivity index (χ0) is 16.0. The van der Waals surface area contributed by atoms with Crippen LogP contribution in [-0.2, 0) is 33.6 Å². The predicted molar refractivity (Wildman–Crippen MR) is 73.8 cm³/mol. The fourth-order valence-corrected chi connectivity index (χ4v) is 2.43. The topological polar surface area (TPSA) is 138 Å². The molecule has 1 heterocycles. The fourth-order valence-electron chi connectivity index (χ4n) is 1.93. The van der Waals surface area contributed by atoms with Gasteiger partial charge in [-0.2, -0.15) is 0 Å². The van der Waals surface area contributed by atoms with E-state index in [1.165, 1.54) is 14.2 Å². The molecule has 1 fully saturated rings. The van der Waals surface area contributed by atoms with Gasteiger partial charge in [0, 0.05) is 19.6 Å². The summed E-state index contributed by atoms with van der Waals surface area (Å²) >= 11 is 0. The van der Waals surface area contributed by atoms with Crippen molar-refractivity contribution in [1.29, 1.82) is 0 Å². The van der Waals surface area contributed by atoms with Gasteiger partial charge in [-0.25, -0.2) is 14.7 Å². The molecule has 23 heavy (non-hydrogen) atoms. The minimum atomic E-state index is -3.41. The Hall–Kier alpha value is 0.120. The van der Waals surface area contributed by atoms with E-state index in [0.29, 0.717) is 0 Å². The summed E-state index contributed by atoms with van der Waals surface area (Å²) in [7, 11) is -0.806. The van der Waals surface area contributed by atoms with E-state index >= 15 is 0 Å². The molecule has 0 aliphatic carbocycles. The first kappa shape index (κ1) is 25.4. The molecule has 9 nitrogen and oxygen atoms in total. The van der Waals surface area contributed by atoms with Crippen molar-refractivity contribution < 1.29 is 72.3 Å². The number of aliphatic hydroxyl groups is 1. The third-order valence-corrected chi connectivity index (χ3v) is 4.32. The van der Waals surface area contributed by atoms with Gasteiger partial charge in [0.2, 0.25) is 0 Å². The number of ether oxygens (including phenoxy) is 4. The number of sulfone groups is 1. The summed E-state index contributed by atoms with van der Waals surface area (Å²) in [5.74, 6) is -0.295. The van der Waals surface area contributed by atoms with Crippen molar-refractivity contribution in [3.63, 3.8) is 0 Å². The molecule has 0 radical (unpaired) electrons. The van der Waals surface area contributed by atoms with Gasteiger partial charge < -0.3 is 34.3 Å². The molecule has 2 N–H and O–H groups in total. The van der Waals surface area contributed by atoms with Crippen LogP contribution in [0.1, 0.15) is 0 Å². The predicted octanol–water partition coefficient (Wildman–Crippen LogP) is -4.39. The smallest absolute Gasteiger partial charge is 0.870 e. The maximum Gasteiger partial charge on any atom is 1.00 e. The molecule has 0 aromatic heterocycles. The first-order valence-corrected chi connectivity index (χ1v) is 7.85. The monoisotopic (exact) mass is 363 g/mol. The van der Waals surface area contributed by atoms with E-state index < -0.39 is 40.5 Å². The van der Waals surface area contributed by atoms with Gasteiger partial charge in [-0.05, 0) is 6.10 Å². The Labute approximate surface area is 157 Å². The third-order valence-electron chi connectivity index (χ3n) is 3.07. The molecule has 130 valence electrons. The maximum atomic E-state index is 11.3. The molecule has 1 aliphatic heterocycles. The van der Waals surface area contributed by atoms with Gasteiger partial charge in [-0.1, -0.05) is 6.58 Å². The maximum absolute atomic E-state index is 11.3. The number of carbonyl (C=O) groups excluding carboxylic acids is 1. The average Bonchev–Trinajstić information content (AvgIpc) is 2.48. The summed E-state index contributed by atoms with van der Waals surface area (Å²) < 4.78 is 43.2. The van der Waals surface area contributed by atoms with Crippen LogP contribution >= 0.6 is 0 Å². The quantitative estimate of drug-likeness (QED) is 0.335. The molecule has 1 aliphatic rings. The van der Waals surface area contributed by atoms with Crippen molar-refractivity contribution in [2.45, 2.75) is 30.7 Å². The van der Waals surface area contributed by atoms with E-state index in [4.69, 9.17) is 18.9 Å². The van der Waals surface area contributed by atoms with Gasteiger partial charge in [0.05, 0.1) is 18.5 Å². The van der Waals surface area contributed by atoms with Crippen LogP contribution in [0.2, 0.25) is 0 Å². The van der Waals surface area contributed by atoms with E-state index in [2.05, 4.69) is 6.58 Å². The van der Waals surface area contributed by atoms with E-state index in [1.54, 1.807) is 6.29 Å². The summed E-state index contributed by atoms with van der Waals surface area (Å²) in [5.41, 5.74) is 0. The number of methoxy groups -OCH3 is 2. The Kier molecular flexibility index (Phi) is 12.8. The number of aliphatic hydroxyl groups excluding tert-OH is 1. The van der Waals surface area contributed by atoms with Crippen LogP contribution in [0.5, 0.6) is 0 Å². The van der Waals surface area contributed by atoms with Crippen molar-refractivity contribution in [2.75, 3.05) is 26.6 Å². The van der Waals surface area contributed by atoms with Gasteiger partial charge in [0.1, 0.15) is 12.2 Å². The van der Waals surface area contributed by atoms with E-state index in [1.807, 2.05) is 0 Å². The summed E-state index contributed by atoms with van der Waals surface area (Å²) in [6.45, 7) is 3.00. The zero-order valence-corrected chi connectivity index (χ0v) is 16.1. The minimum Gasteiger partial charge on any atom is -0.870 e. The molecule has 0 amide bonds. The SMILES string of the molecule is C=CS(=O)(=O)CCOC1C(OC)OC([C-]=O)C(OC)C1O.[Na+].[OH-]. The normalized spacial score (nSPS) is 30.7. The Morgan fingerprint density at radius 1 is 1.30 bits per heavy atom. The molecule has 0 saturated carbocycles. The number of hydrogen-bond acceptors (Lipinski definition) is 9. The molecule has 11 heteroatoms. The van der Waals surface area contributed by atoms with Crippen LogP contribution in [0.15, 0.2) is 12.0 Å². The van der Waals surface area contributed by atoms with Crippen LogP contribution in [0.25, 0.3) is 0 Å². The molecule has 1 saturated heterocycles. The Bertz CT molecular complexity index is 455. The Morgan fingerprint density at radius 3 is 2.35 bits per heavy atom.